The first-order chi connectivity index (χ1) is 8.56. The molecule has 0 spiro atoms. The lowest BCUT2D eigenvalue weighted by Gasteiger charge is -2.23. The van der Waals surface area contributed by atoms with E-state index in [0.29, 0.717) is 6.54 Å². The zero-order valence-electron chi connectivity index (χ0n) is 10.6. The van der Waals surface area contributed by atoms with Gasteiger partial charge in [0.1, 0.15) is 11.9 Å². The molecule has 0 saturated carbocycles. The molecule has 1 atom stereocenters. The van der Waals surface area contributed by atoms with Crippen molar-refractivity contribution < 1.29 is 4.79 Å². The third kappa shape index (κ3) is 1.90. The van der Waals surface area contributed by atoms with E-state index in [2.05, 4.69) is 16.9 Å². The van der Waals surface area contributed by atoms with Gasteiger partial charge in [-0.3, -0.25) is 10.7 Å². The number of amides is 2. The Kier molecular flexibility index (Phi) is 3.18. The molecule has 1 aliphatic heterocycles. The van der Waals surface area contributed by atoms with Crippen molar-refractivity contribution in [1.82, 2.24) is 19.8 Å². The summed E-state index contributed by atoms with van der Waals surface area (Å²) in [6.07, 6.45) is 5.08. The molecule has 2 heterocycles. The highest BCUT2D eigenvalue weighted by Gasteiger charge is 2.38. The summed E-state index contributed by atoms with van der Waals surface area (Å²) in [5.41, 5.74) is 0.843. The van der Waals surface area contributed by atoms with Gasteiger partial charge in [-0.25, -0.2) is 9.78 Å². The second-order valence-corrected chi connectivity index (χ2v) is 4.51. The molecule has 0 aromatic carbocycles. The standard InChI is InChI=1S/C12H17N5O/c1-4-5-16-10(11(13)15-12(16)18)9-6-14-7-17(9)8(2)3/h4,6-8,10H,1,5H2,2-3H3,(H2,13,15,18). The van der Waals surface area contributed by atoms with Gasteiger partial charge in [-0.15, -0.1) is 6.58 Å². The zero-order valence-corrected chi connectivity index (χ0v) is 10.6. The molecule has 6 heteroatoms. The van der Waals surface area contributed by atoms with E-state index in [1.54, 1.807) is 23.5 Å². The van der Waals surface area contributed by atoms with E-state index in [1.807, 2.05) is 18.4 Å². The fourth-order valence-corrected chi connectivity index (χ4v) is 2.12. The van der Waals surface area contributed by atoms with Gasteiger partial charge >= 0.3 is 6.03 Å². The number of carbonyl (C=O) groups is 1. The second kappa shape index (κ2) is 4.64. The maximum Gasteiger partial charge on any atom is 0.324 e. The molecule has 1 aromatic rings. The molecule has 2 N–H and O–H groups in total. The van der Waals surface area contributed by atoms with Crippen LogP contribution in [0.5, 0.6) is 0 Å². The van der Waals surface area contributed by atoms with E-state index >= 15 is 0 Å². The van der Waals surface area contributed by atoms with Crippen LogP contribution in [0.3, 0.4) is 0 Å². The summed E-state index contributed by atoms with van der Waals surface area (Å²) >= 11 is 0. The number of urea groups is 1. The molecule has 1 fully saturated rings. The number of imidazole rings is 1. The summed E-state index contributed by atoms with van der Waals surface area (Å²) in [5.74, 6) is 0.184. The molecule has 0 bridgehead atoms. The molecule has 6 nitrogen and oxygen atoms in total. The van der Waals surface area contributed by atoms with Crippen LogP contribution in [-0.2, 0) is 0 Å². The van der Waals surface area contributed by atoms with Gasteiger partial charge in [0.15, 0.2) is 0 Å². The lowest BCUT2D eigenvalue weighted by atomic mass is 10.1. The van der Waals surface area contributed by atoms with Gasteiger partial charge in [0.25, 0.3) is 0 Å². The quantitative estimate of drug-likeness (QED) is 0.794. The Hall–Kier alpha value is -2.11. The van der Waals surface area contributed by atoms with E-state index in [4.69, 9.17) is 5.41 Å². The number of rotatable bonds is 4. The Balaban J connectivity index is 2.40. The van der Waals surface area contributed by atoms with Gasteiger partial charge in [0.2, 0.25) is 0 Å². The van der Waals surface area contributed by atoms with Crippen molar-refractivity contribution in [2.75, 3.05) is 6.54 Å². The molecular formula is C12H17N5O. The number of nitrogens with zero attached hydrogens (tertiary/aromatic N) is 3. The van der Waals surface area contributed by atoms with E-state index in [1.165, 1.54) is 0 Å². The molecule has 18 heavy (non-hydrogen) atoms. The fourth-order valence-electron chi connectivity index (χ4n) is 2.12. The molecule has 1 aromatic heterocycles. The van der Waals surface area contributed by atoms with Crippen molar-refractivity contribution in [2.24, 2.45) is 0 Å². The molecular weight excluding hydrogens is 230 g/mol. The maximum atomic E-state index is 11.8. The van der Waals surface area contributed by atoms with Gasteiger partial charge in [-0.1, -0.05) is 6.08 Å². The number of nitrogens with one attached hydrogen (secondary N) is 2. The smallest absolute Gasteiger partial charge is 0.324 e. The molecule has 0 radical (unpaired) electrons. The van der Waals surface area contributed by atoms with Crippen LogP contribution in [0.15, 0.2) is 25.2 Å². The predicted octanol–water partition coefficient (Wildman–Crippen LogP) is 1.69. The van der Waals surface area contributed by atoms with Crippen molar-refractivity contribution in [1.29, 1.82) is 5.41 Å². The third-order valence-electron chi connectivity index (χ3n) is 2.95. The minimum absolute atomic E-state index is 0.184. The van der Waals surface area contributed by atoms with Crippen LogP contribution in [-0.4, -0.2) is 32.9 Å². The molecule has 1 aliphatic rings. The van der Waals surface area contributed by atoms with Crippen molar-refractivity contribution in [3.8, 4) is 0 Å². The van der Waals surface area contributed by atoms with Crippen LogP contribution in [0.1, 0.15) is 31.6 Å². The first-order valence-electron chi connectivity index (χ1n) is 5.85. The number of carbonyl (C=O) groups excluding carboxylic acids is 1. The normalized spacial score (nSPS) is 19.5. The van der Waals surface area contributed by atoms with Crippen LogP contribution in [0.25, 0.3) is 0 Å². The van der Waals surface area contributed by atoms with Crippen LogP contribution < -0.4 is 5.32 Å². The van der Waals surface area contributed by atoms with Crippen molar-refractivity contribution in [3.05, 3.63) is 30.9 Å². The SMILES string of the molecule is C=CCN1C(=O)NC(=N)C1c1cncn1C(C)C. The van der Waals surface area contributed by atoms with E-state index in [9.17, 15) is 4.79 Å². The Morgan fingerprint density at radius 1 is 1.67 bits per heavy atom. The summed E-state index contributed by atoms with van der Waals surface area (Å²) in [6, 6.07) is -0.432. The Labute approximate surface area is 106 Å². The molecule has 1 unspecified atom stereocenters. The molecule has 2 rings (SSSR count). The number of hydrogen-bond acceptors (Lipinski definition) is 3. The first-order valence-corrected chi connectivity index (χ1v) is 5.85. The average Bonchev–Trinajstić information content (AvgIpc) is 2.85. The highest BCUT2D eigenvalue weighted by atomic mass is 16.2. The third-order valence-corrected chi connectivity index (χ3v) is 2.95. The van der Waals surface area contributed by atoms with Gasteiger partial charge in [0.05, 0.1) is 18.2 Å². The first kappa shape index (κ1) is 12.3. The van der Waals surface area contributed by atoms with E-state index in [-0.39, 0.29) is 17.9 Å². The lowest BCUT2D eigenvalue weighted by Crippen LogP contribution is -2.31. The Morgan fingerprint density at radius 2 is 2.39 bits per heavy atom. The number of aromatic nitrogens is 2. The predicted molar refractivity (Wildman–Crippen MR) is 68.5 cm³/mol. The summed E-state index contributed by atoms with van der Waals surface area (Å²) in [6.45, 7) is 8.12. The topological polar surface area (TPSA) is 74.0 Å². The summed E-state index contributed by atoms with van der Waals surface area (Å²) in [4.78, 5) is 17.4. The largest absolute Gasteiger partial charge is 0.330 e. The maximum absolute atomic E-state index is 11.8. The van der Waals surface area contributed by atoms with Gasteiger partial charge in [-0.2, -0.15) is 0 Å². The minimum Gasteiger partial charge on any atom is -0.330 e. The molecule has 2 amide bonds. The lowest BCUT2D eigenvalue weighted by molar-refractivity contribution is 0.210. The monoisotopic (exact) mass is 247 g/mol. The van der Waals surface area contributed by atoms with Gasteiger partial charge in [0, 0.05) is 12.6 Å². The zero-order chi connectivity index (χ0) is 13.3. The summed E-state index contributed by atoms with van der Waals surface area (Å²) in [7, 11) is 0. The molecule has 1 saturated heterocycles. The van der Waals surface area contributed by atoms with Crippen LogP contribution in [0.4, 0.5) is 4.79 Å². The van der Waals surface area contributed by atoms with E-state index < -0.39 is 6.04 Å². The highest BCUT2D eigenvalue weighted by Crippen LogP contribution is 2.27. The Bertz CT molecular complexity index is 490. The minimum atomic E-state index is -0.402. The van der Waals surface area contributed by atoms with Crippen molar-refractivity contribution >= 4 is 11.9 Å². The van der Waals surface area contributed by atoms with Crippen molar-refractivity contribution in [2.45, 2.75) is 25.9 Å². The van der Waals surface area contributed by atoms with Gasteiger partial charge < -0.3 is 9.47 Å². The number of amidine groups is 1. The average molecular weight is 247 g/mol. The highest BCUT2D eigenvalue weighted by molar-refractivity contribution is 6.05. The van der Waals surface area contributed by atoms with Gasteiger partial charge in [-0.05, 0) is 13.8 Å². The number of hydrogen-bond donors (Lipinski definition) is 2. The summed E-state index contributed by atoms with van der Waals surface area (Å²) < 4.78 is 1.97. The molecule has 0 aliphatic carbocycles. The molecule has 96 valence electrons. The van der Waals surface area contributed by atoms with Crippen LogP contribution in [0, 0.1) is 5.41 Å². The van der Waals surface area contributed by atoms with Crippen LogP contribution in [0.2, 0.25) is 0 Å². The van der Waals surface area contributed by atoms with E-state index in [0.717, 1.165) is 5.69 Å². The second-order valence-electron chi connectivity index (χ2n) is 4.51. The summed E-state index contributed by atoms with van der Waals surface area (Å²) in [5, 5.41) is 10.4. The fraction of sp³-hybridized carbons (Fsp3) is 0.417. The Morgan fingerprint density at radius 3 is 3.00 bits per heavy atom. The van der Waals surface area contributed by atoms with Crippen molar-refractivity contribution in [3.63, 3.8) is 0 Å². The van der Waals surface area contributed by atoms with Crippen LogP contribution >= 0.6 is 0 Å².